The summed E-state index contributed by atoms with van der Waals surface area (Å²) < 4.78 is 0. The summed E-state index contributed by atoms with van der Waals surface area (Å²) in [4.78, 5) is 27.3. The highest BCUT2D eigenvalue weighted by molar-refractivity contribution is 6.13. The Morgan fingerprint density at radius 3 is 1.57 bits per heavy atom. The van der Waals surface area contributed by atoms with Crippen LogP contribution in [-0.4, -0.2) is 11.8 Å². The van der Waals surface area contributed by atoms with Gasteiger partial charge in [-0.3, -0.25) is 14.5 Å². The van der Waals surface area contributed by atoms with E-state index in [1.54, 1.807) is 6.07 Å². The third-order valence-corrected chi connectivity index (χ3v) is 4.52. The lowest BCUT2D eigenvalue weighted by molar-refractivity contribution is -0.124. The summed E-state index contributed by atoms with van der Waals surface area (Å²) >= 11 is 0. The fourth-order valence-corrected chi connectivity index (χ4v) is 3.26. The van der Waals surface area contributed by atoms with E-state index in [1.807, 2.05) is 54.6 Å². The molecule has 4 nitrogen and oxygen atoms in total. The fourth-order valence-electron chi connectivity index (χ4n) is 3.26. The van der Waals surface area contributed by atoms with Gasteiger partial charge >= 0.3 is 0 Å². The van der Waals surface area contributed by atoms with E-state index in [-0.39, 0.29) is 11.8 Å². The molecule has 0 saturated heterocycles. The topological polar surface area (TPSA) is 40.6 Å². The highest BCUT2D eigenvalue weighted by Gasteiger charge is 2.18. The van der Waals surface area contributed by atoms with E-state index in [2.05, 4.69) is 29.2 Å². The number of rotatable bonds is 6. The molecule has 0 radical (unpaired) electrons. The van der Waals surface area contributed by atoms with Crippen molar-refractivity contribution in [3.63, 3.8) is 0 Å². The van der Waals surface area contributed by atoms with Crippen LogP contribution < -0.4 is 9.80 Å². The molecular weight excluding hydrogens is 348 g/mol. The second-order valence-electron chi connectivity index (χ2n) is 6.72. The molecule has 0 aliphatic rings. The van der Waals surface area contributed by atoms with E-state index in [0.717, 1.165) is 18.8 Å². The summed E-state index contributed by atoms with van der Waals surface area (Å²) in [7, 11) is 0. The van der Waals surface area contributed by atoms with Gasteiger partial charge in [0, 0.05) is 32.6 Å². The number of carbonyl (C=O) groups is 2. The zero-order chi connectivity index (χ0) is 19.9. The minimum absolute atomic E-state index is 0.290. The zero-order valence-corrected chi connectivity index (χ0v) is 16.2. The van der Waals surface area contributed by atoms with E-state index in [0.29, 0.717) is 5.69 Å². The van der Waals surface area contributed by atoms with Crippen LogP contribution in [0.4, 0.5) is 11.4 Å². The van der Waals surface area contributed by atoms with Gasteiger partial charge in [-0.1, -0.05) is 66.7 Å². The highest BCUT2D eigenvalue weighted by atomic mass is 16.2. The number of carbonyl (C=O) groups excluding carboxylic acids is 2. The monoisotopic (exact) mass is 372 g/mol. The molecule has 0 N–H and O–H groups in total. The van der Waals surface area contributed by atoms with Gasteiger partial charge < -0.3 is 4.90 Å². The lowest BCUT2D eigenvalue weighted by atomic mass is 10.1. The molecule has 28 heavy (non-hydrogen) atoms. The number of anilines is 2. The molecule has 3 aromatic rings. The smallest absolute Gasteiger partial charge is 0.230 e. The molecule has 0 spiro atoms. The van der Waals surface area contributed by atoms with Crippen molar-refractivity contribution < 1.29 is 9.59 Å². The standard InChI is InChI=1S/C24H24N2O2/c1-19(27)26(20(2)28)24-15-9-14-23(16-24)25(17-21-10-5-3-6-11-21)18-22-12-7-4-8-13-22/h3-16H,17-18H2,1-2H3. The number of hydrogen-bond acceptors (Lipinski definition) is 3. The van der Waals surface area contributed by atoms with Crippen molar-refractivity contribution in [3.05, 3.63) is 96.1 Å². The molecule has 3 rings (SSSR count). The number of hydrogen-bond donors (Lipinski definition) is 0. The zero-order valence-electron chi connectivity index (χ0n) is 16.2. The molecular formula is C24H24N2O2. The number of amides is 2. The Morgan fingerprint density at radius 1 is 0.643 bits per heavy atom. The Bertz CT molecular complexity index is 884. The Labute approximate surface area is 166 Å². The van der Waals surface area contributed by atoms with Crippen LogP contribution in [0.2, 0.25) is 0 Å². The minimum atomic E-state index is -0.290. The van der Waals surface area contributed by atoms with Crippen LogP contribution in [0, 0.1) is 0 Å². The van der Waals surface area contributed by atoms with Crippen LogP contribution >= 0.6 is 0 Å². The van der Waals surface area contributed by atoms with Gasteiger partial charge in [-0.2, -0.15) is 0 Å². The first-order valence-corrected chi connectivity index (χ1v) is 9.28. The molecule has 0 fully saturated rings. The molecule has 0 aliphatic heterocycles. The summed E-state index contributed by atoms with van der Waals surface area (Å²) in [5.41, 5.74) is 3.93. The molecule has 0 saturated carbocycles. The van der Waals surface area contributed by atoms with Crippen LogP contribution in [0.25, 0.3) is 0 Å². The summed E-state index contributed by atoms with van der Waals surface area (Å²) in [5.74, 6) is -0.579. The van der Waals surface area contributed by atoms with Crippen molar-refractivity contribution in [2.45, 2.75) is 26.9 Å². The third kappa shape index (κ3) is 4.86. The van der Waals surface area contributed by atoms with E-state index in [4.69, 9.17) is 0 Å². The van der Waals surface area contributed by atoms with E-state index in [1.165, 1.54) is 29.9 Å². The summed E-state index contributed by atoms with van der Waals surface area (Å²) in [6.07, 6.45) is 0. The van der Waals surface area contributed by atoms with Crippen LogP contribution in [0.15, 0.2) is 84.9 Å². The largest absolute Gasteiger partial charge is 0.363 e. The maximum absolute atomic E-state index is 11.9. The molecule has 4 heteroatoms. The predicted molar refractivity (Wildman–Crippen MR) is 113 cm³/mol. The van der Waals surface area contributed by atoms with Crippen molar-refractivity contribution in [1.29, 1.82) is 0 Å². The molecule has 0 atom stereocenters. The maximum atomic E-state index is 11.9. The second-order valence-corrected chi connectivity index (χ2v) is 6.72. The summed E-state index contributed by atoms with van der Waals surface area (Å²) in [6, 6.07) is 28.1. The Hall–Kier alpha value is -3.40. The second kappa shape index (κ2) is 9.00. The van der Waals surface area contributed by atoms with Gasteiger partial charge in [0.05, 0.1) is 5.69 Å². The molecule has 0 heterocycles. The quantitative estimate of drug-likeness (QED) is 0.624. The lowest BCUT2D eigenvalue weighted by Crippen LogP contribution is -2.33. The van der Waals surface area contributed by atoms with Gasteiger partial charge in [-0.25, -0.2) is 0 Å². The van der Waals surface area contributed by atoms with Gasteiger partial charge in [-0.05, 0) is 29.3 Å². The minimum Gasteiger partial charge on any atom is -0.363 e. The first kappa shape index (κ1) is 19.4. The fraction of sp³-hybridized carbons (Fsp3) is 0.167. The average molecular weight is 372 g/mol. The summed E-state index contributed by atoms with van der Waals surface area (Å²) in [6.45, 7) is 4.25. The van der Waals surface area contributed by atoms with Gasteiger partial charge in [0.15, 0.2) is 0 Å². The van der Waals surface area contributed by atoms with Gasteiger partial charge in [-0.15, -0.1) is 0 Å². The Balaban J connectivity index is 1.96. The van der Waals surface area contributed by atoms with Crippen LogP contribution in [0.3, 0.4) is 0 Å². The number of imide groups is 1. The maximum Gasteiger partial charge on any atom is 0.230 e. The van der Waals surface area contributed by atoms with Gasteiger partial charge in [0.2, 0.25) is 11.8 Å². The van der Waals surface area contributed by atoms with Crippen LogP contribution in [0.5, 0.6) is 0 Å². The SMILES string of the molecule is CC(=O)N(C(C)=O)c1cccc(N(Cc2ccccc2)Cc2ccccc2)c1. The van der Waals surface area contributed by atoms with Gasteiger partial charge in [0.1, 0.15) is 0 Å². The molecule has 142 valence electrons. The van der Waals surface area contributed by atoms with Crippen molar-refractivity contribution in [1.82, 2.24) is 0 Å². The summed E-state index contributed by atoms with van der Waals surface area (Å²) in [5, 5.41) is 0. The van der Waals surface area contributed by atoms with Crippen molar-refractivity contribution in [2.75, 3.05) is 9.80 Å². The highest BCUT2D eigenvalue weighted by Crippen LogP contribution is 2.26. The van der Waals surface area contributed by atoms with Gasteiger partial charge in [0.25, 0.3) is 0 Å². The third-order valence-electron chi connectivity index (χ3n) is 4.52. The Kier molecular flexibility index (Phi) is 6.22. The van der Waals surface area contributed by atoms with Crippen molar-refractivity contribution in [3.8, 4) is 0 Å². The van der Waals surface area contributed by atoms with Crippen LogP contribution in [-0.2, 0) is 22.7 Å². The molecule has 0 aliphatic carbocycles. The number of nitrogens with zero attached hydrogens (tertiary/aromatic N) is 2. The predicted octanol–water partition coefficient (Wildman–Crippen LogP) is 4.79. The van der Waals surface area contributed by atoms with Crippen molar-refractivity contribution >= 4 is 23.2 Å². The van der Waals surface area contributed by atoms with E-state index in [9.17, 15) is 9.59 Å². The molecule has 0 unspecified atom stereocenters. The van der Waals surface area contributed by atoms with Crippen LogP contribution in [0.1, 0.15) is 25.0 Å². The normalized spacial score (nSPS) is 10.4. The first-order valence-electron chi connectivity index (χ1n) is 9.28. The Morgan fingerprint density at radius 2 is 1.11 bits per heavy atom. The van der Waals surface area contributed by atoms with E-state index < -0.39 is 0 Å². The molecule has 2 amide bonds. The molecule has 3 aromatic carbocycles. The lowest BCUT2D eigenvalue weighted by Gasteiger charge is -2.27. The molecule has 0 aromatic heterocycles. The van der Waals surface area contributed by atoms with E-state index >= 15 is 0 Å². The van der Waals surface area contributed by atoms with Crippen molar-refractivity contribution in [2.24, 2.45) is 0 Å². The first-order chi connectivity index (χ1) is 13.5. The average Bonchev–Trinajstić information content (AvgIpc) is 2.69. The molecule has 0 bridgehead atoms. The number of benzene rings is 3.